The van der Waals surface area contributed by atoms with Gasteiger partial charge in [0.2, 0.25) is 5.91 Å². The lowest BCUT2D eigenvalue weighted by Gasteiger charge is -2.31. The molecule has 3 aliphatic rings. The Hall–Kier alpha value is -2.58. The molecule has 1 spiro atoms. The fourth-order valence-electron chi connectivity index (χ4n) is 4.39. The molecule has 4 rings (SSSR count). The molecule has 2 heterocycles. The maximum absolute atomic E-state index is 12.9. The molecule has 1 N–H and O–H groups in total. The van der Waals surface area contributed by atoms with Crippen LogP contribution in [0.25, 0.3) is 0 Å². The van der Waals surface area contributed by atoms with Gasteiger partial charge >= 0.3 is 12.2 Å². The van der Waals surface area contributed by atoms with E-state index in [1.54, 1.807) is 0 Å². The average molecular weight is 395 g/mol. The summed E-state index contributed by atoms with van der Waals surface area (Å²) in [5.41, 5.74) is -0.790. The number of anilines is 1. The summed E-state index contributed by atoms with van der Waals surface area (Å²) in [5.74, 6) is -0.854. The van der Waals surface area contributed by atoms with Crippen molar-refractivity contribution in [3.63, 3.8) is 0 Å². The van der Waals surface area contributed by atoms with Crippen molar-refractivity contribution < 1.29 is 27.6 Å². The molecule has 1 aliphatic carbocycles. The van der Waals surface area contributed by atoms with Crippen LogP contribution in [-0.4, -0.2) is 41.4 Å². The molecule has 1 saturated carbocycles. The summed E-state index contributed by atoms with van der Waals surface area (Å²) < 4.78 is 38.8. The molecule has 0 aromatic heterocycles. The van der Waals surface area contributed by atoms with Crippen LogP contribution in [0.2, 0.25) is 0 Å². The van der Waals surface area contributed by atoms with Crippen LogP contribution in [0.15, 0.2) is 18.2 Å². The molecule has 0 bridgehead atoms. The van der Waals surface area contributed by atoms with Gasteiger partial charge in [-0.05, 0) is 49.4 Å². The fraction of sp³-hybridized carbons (Fsp3) is 0.526. The number of hydrogen-bond acceptors (Lipinski definition) is 3. The van der Waals surface area contributed by atoms with E-state index in [4.69, 9.17) is 0 Å². The second kappa shape index (κ2) is 6.49. The third kappa shape index (κ3) is 3.02. The third-order valence-corrected chi connectivity index (χ3v) is 5.82. The van der Waals surface area contributed by atoms with Crippen LogP contribution in [-0.2, 0) is 22.2 Å². The number of hydrogen-bond donors (Lipinski definition) is 1. The molecule has 0 unspecified atom stereocenters. The number of imide groups is 1. The highest BCUT2D eigenvalue weighted by atomic mass is 19.4. The zero-order valence-corrected chi connectivity index (χ0v) is 15.1. The smallest absolute Gasteiger partial charge is 0.323 e. The van der Waals surface area contributed by atoms with E-state index < -0.39 is 35.8 Å². The SMILES string of the molecule is O=C1NC2(CCCC2)C(=O)N1CC(=O)N1CCCc2cc(C(F)(F)F)ccc21. The van der Waals surface area contributed by atoms with Gasteiger partial charge in [0.1, 0.15) is 12.1 Å². The molecule has 28 heavy (non-hydrogen) atoms. The van der Waals surface area contributed by atoms with Gasteiger partial charge in [0, 0.05) is 12.2 Å². The number of aryl methyl sites for hydroxylation is 1. The Balaban J connectivity index is 1.54. The normalized spacial score (nSPS) is 21.2. The number of urea groups is 1. The molecule has 2 fully saturated rings. The molecule has 4 amide bonds. The number of carbonyl (C=O) groups is 3. The first-order valence-electron chi connectivity index (χ1n) is 9.36. The monoisotopic (exact) mass is 395 g/mol. The second-order valence-corrected chi connectivity index (χ2v) is 7.60. The molecule has 1 aromatic carbocycles. The lowest BCUT2D eigenvalue weighted by molar-refractivity contribution is -0.137. The van der Waals surface area contributed by atoms with E-state index in [1.807, 2.05) is 0 Å². The number of carbonyl (C=O) groups excluding carboxylic acids is 3. The number of rotatable bonds is 2. The van der Waals surface area contributed by atoms with Gasteiger partial charge in [0.05, 0.1) is 5.56 Å². The van der Waals surface area contributed by atoms with E-state index in [0.717, 1.165) is 29.9 Å². The van der Waals surface area contributed by atoms with E-state index in [1.165, 1.54) is 11.0 Å². The zero-order chi connectivity index (χ0) is 20.1. The number of alkyl halides is 3. The van der Waals surface area contributed by atoms with Gasteiger partial charge in [0.15, 0.2) is 0 Å². The molecule has 0 radical (unpaired) electrons. The van der Waals surface area contributed by atoms with Gasteiger partial charge in [-0.2, -0.15) is 13.2 Å². The molecule has 2 aliphatic heterocycles. The molecular weight excluding hydrogens is 375 g/mol. The predicted octanol–water partition coefficient (Wildman–Crippen LogP) is 2.85. The Bertz CT molecular complexity index is 847. The molecule has 6 nitrogen and oxygen atoms in total. The number of nitrogens with zero attached hydrogens (tertiary/aromatic N) is 2. The van der Waals surface area contributed by atoms with Crippen molar-refractivity contribution in [2.45, 2.75) is 50.2 Å². The Morgan fingerprint density at radius 2 is 1.86 bits per heavy atom. The maximum atomic E-state index is 12.9. The lowest BCUT2D eigenvalue weighted by atomic mass is 9.98. The first-order valence-corrected chi connectivity index (χ1v) is 9.36. The van der Waals surface area contributed by atoms with Crippen molar-refractivity contribution in [3.8, 4) is 0 Å². The van der Waals surface area contributed by atoms with Gasteiger partial charge in [0.25, 0.3) is 5.91 Å². The second-order valence-electron chi connectivity index (χ2n) is 7.60. The average Bonchev–Trinajstić information content (AvgIpc) is 3.20. The highest BCUT2D eigenvalue weighted by molar-refractivity contribution is 6.10. The van der Waals surface area contributed by atoms with Crippen LogP contribution in [0.3, 0.4) is 0 Å². The molecule has 9 heteroatoms. The minimum Gasteiger partial charge on any atom is -0.323 e. The van der Waals surface area contributed by atoms with Crippen LogP contribution < -0.4 is 10.2 Å². The summed E-state index contributed by atoms with van der Waals surface area (Å²) in [4.78, 5) is 40.1. The van der Waals surface area contributed by atoms with Crippen LogP contribution in [0.4, 0.5) is 23.7 Å². The van der Waals surface area contributed by atoms with Gasteiger partial charge in [-0.3, -0.25) is 14.5 Å². The summed E-state index contributed by atoms with van der Waals surface area (Å²) >= 11 is 0. The summed E-state index contributed by atoms with van der Waals surface area (Å²) in [6, 6.07) is 2.73. The van der Waals surface area contributed by atoms with Crippen LogP contribution in [0, 0.1) is 0 Å². The number of fused-ring (bicyclic) bond motifs is 1. The van der Waals surface area contributed by atoms with Crippen molar-refractivity contribution in [3.05, 3.63) is 29.3 Å². The molecule has 1 saturated heterocycles. The number of nitrogens with one attached hydrogen (secondary N) is 1. The van der Waals surface area contributed by atoms with Crippen molar-refractivity contribution in [2.75, 3.05) is 18.0 Å². The largest absolute Gasteiger partial charge is 0.416 e. The Labute approximate surface area is 159 Å². The zero-order valence-electron chi connectivity index (χ0n) is 15.1. The van der Waals surface area contributed by atoms with Crippen molar-refractivity contribution in [1.29, 1.82) is 0 Å². The highest BCUT2D eigenvalue weighted by Crippen LogP contribution is 2.37. The maximum Gasteiger partial charge on any atom is 0.416 e. The summed E-state index contributed by atoms with van der Waals surface area (Å²) in [6.45, 7) is -0.0706. The van der Waals surface area contributed by atoms with Gasteiger partial charge in [-0.15, -0.1) is 0 Å². The quantitative estimate of drug-likeness (QED) is 0.783. The van der Waals surface area contributed by atoms with E-state index in [0.29, 0.717) is 43.5 Å². The summed E-state index contributed by atoms with van der Waals surface area (Å²) in [6.07, 6.45) is -0.676. The Kier molecular flexibility index (Phi) is 4.35. The van der Waals surface area contributed by atoms with Gasteiger partial charge < -0.3 is 10.2 Å². The topological polar surface area (TPSA) is 69.7 Å². The Morgan fingerprint density at radius 3 is 2.54 bits per heavy atom. The number of halogens is 3. The number of amides is 4. The standard InChI is InChI=1S/C19H20F3N3O3/c20-19(21,22)13-5-6-14-12(10-13)4-3-9-24(14)15(26)11-25-16(27)18(23-17(25)28)7-1-2-8-18/h5-6,10H,1-4,7-9,11H2,(H,23,28). The van der Waals surface area contributed by atoms with Crippen molar-refractivity contribution in [2.24, 2.45) is 0 Å². The molecule has 150 valence electrons. The van der Waals surface area contributed by atoms with Gasteiger partial charge in [-0.25, -0.2) is 4.79 Å². The van der Waals surface area contributed by atoms with Crippen LogP contribution in [0.1, 0.15) is 43.2 Å². The number of benzene rings is 1. The highest BCUT2D eigenvalue weighted by Gasteiger charge is 2.53. The van der Waals surface area contributed by atoms with Crippen molar-refractivity contribution >= 4 is 23.5 Å². The fourth-order valence-corrected chi connectivity index (χ4v) is 4.39. The molecular formula is C19H20F3N3O3. The first-order chi connectivity index (χ1) is 13.2. The minimum absolute atomic E-state index is 0.339. The minimum atomic E-state index is -4.45. The van der Waals surface area contributed by atoms with E-state index in [-0.39, 0.29) is 5.91 Å². The van der Waals surface area contributed by atoms with E-state index >= 15 is 0 Å². The Morgan fingerprint density at radius 1 is 1.14 bits per heavy atom. The van der Waals surface area contributed by atoms with E-state index in [9.17, 15) is 27.6 Å². The first kappa shape index (κ1) is 18.8. The summed E-state index contributed by atoms with van der Waals surface area (Å²) in [5, 5.41) is 2.72. The predicted molar refractivity (Wildman–Crippen MR) is 93.6 cm³/mol. The van der Waals surface area contributed by atoms with E-state index in [2.05, 4.69) is 5.32 Å². The van der Waals surface area contributed by atoms with Crippen molar-refractivity contribution in [1.82, 2.24) is 10.2 Å². The van der Waals surface area contributed by atoms with Gasteiger partial charge in [-0.1, -0.05) is 12.8 Å². The summed E-state index contributed by atoms with van der Waals surface area (Å²) in [7, 11) is 0. The van der Waals surface area contributed by atoms with Crippen LogP contribution in [0.5, 0.6) is 0 Å². The lowest BCUT2D eigenvalue weighted by Crippen LogP contribution is -2.47. The van der Waals surface area contributed by atoms with Crippen LogP contribution >= 0.6 is 0 Å². The molecule has 1 aromatic rings. The third-order valence-electron chi connectivity index (χ3n) is 5.82. The molecule has 0 atom stereocenters.